The maximum atomic E-state index is 9.03. The fourth-order valence-corrected chi connectivity index (χ4v) is 1.21. The predicted molar refractivity (Wildman–Crippen MR) is 36.3 cm³/mol. The number of hydrogen-bond donors (Lipinski definition) is 2. The van der Waals surface area contributed by atoms with Crippen molar-refractivity contribution in [3.05, 3.63) is 0 Å². The van der Waals surface area contributed by atoms with Gasteiger partial charge in [0.2, 0.25) is 0 Å². The normalized spacial score (nSPS) is 38.1. The van der Waals surface area contributed by atoms with Crippen molar-refractivity contribution >= 4 is 0 Å². The summed E-state index contributed by atoms with van der Waals surface area (Å²) in [7, 11) is 0. The molecule has 0 bridgehead atoms. The smallest absolute Gasteiger partial charge is 0.156 e. The maximum Gasteiger partial charge on any atom is 0.156 e. The highest BCUT2D eigenvalue weighted by Crippen LogP contribution is 2.22. The van der Waals surface area contributed by atoms with Crippen LogP contribution < -0.4 is 0 Å². The van der Waals surface area contributed by atoms with Crippen LogP contribution in [0.4, 0.5) is 0 Å². The molecule has 0 amide bonds. The molecular weight excluding hydrogens is 146 g/mol. The molecule has 62 valence electrons. The van der Waals surface area contributed by atoms with Crippen molar-refractivity contribution in [2.45, 2.75) is 25.2 Å². The molecule has 4 nitrogen and oxygen atoms in total. The van der Waals surface area contributed by atoms with Gasteiger partial charge in [0.1, 0.15) is 0 Å². The van der Waals surface area contributed by atoms with Crippen LogP contribution in [-0.2, 0) is 4.74 Å². The fourth-order valence-electron chi connectivity index (χ4n) is 1.21. The molecular formula is C7H11NO3. The van der Waals surface area contributed by atoms with Crippen molar-refractivity contribution in [3.63, 3.8) is 0 Å². The molecule has 1 saturated heterocycles. The summed E-state index contributed by atoms with van der Waals surface area (Å²) in [5, 5.41) is 26.2. The zero-order valence-electron chi connectivity index (χ0n) is 6.10. The fraction of sp³-hybridized carbons (Fsp3) is 0.857. The van der Waals surface area contributed by atoms with Crippen molar-refractivity contribution in [1.82, 2.24) is 0 Å². The lowest BCUT2D eigenvalue weighted by Crippen LogP contribution is -2.34. The topological polar surface area (TPSA) is 73.5 Å². The Hall–Kier alpha value is -0.630. The molecule has 4 heteroatoms. The molecule has 0 saturated carbocycles. The zero-order chi connectivity index (χ0) is 8.27. The molecule has 1 rings (SSSR count). The zero-order valence-corrected chi connectivity index (χ0v) is 6.10. The van der Waals surface area contributed by atoms with Crippen LogP contribution in [0.15, 0.2) is 0 Å². The van der Waals surface area contributed by atoms with Crippen molar-refractivity contribution in [3.8, 4) is 6.07 Å². The van der Waals surface area contributed by atoms with Crippen molar-refractivity contribution in [1.29, 1.82) is 5.26 Å². The third-order valence-electron chi connectivity index (χ3n) is 1.77. The predicted octanol–water partition coefficient (Wildman–Crippen LogP) is -0.384. The van der Waals surface area contributed by atoms with E-state index in [1.54, 1.807) is 0 Å². The second-order valence-electron chi connectivity index (χ2n) is 2.69. The molecule has 1 fully saturated rings. The van der Waals surface area contributed by atoms with E-state index in [9.17, 15) is 0 Å². The Morgan fingerprint density at radius 1 is 1.55 bits per heavy atom. The van der Waals surface area contributed by atoms with Crippen molar-refractivity contribution in [2.75, 3.05) is 6.61 Å². The average molecular weight is 157 g/mol. The summed E-state index contributed by atoms with van der Waals surface area (Å²) in [5.74, 6) is -0.184. The summed E-state index contributed by atoms with van der Waals surface area (Å²) < 4.78 is 4.92. The molecule has 1 aliphatic rings. The van der Waals surface area contributed by atoms with Crippen LogP contribution in [0.5, 0.6) is 0 Å². The number of nitriles is 1. The van der Waals surface area contributed by atoms with E-state index in [0.717, 1.165) is 0 Å². The van der Waals surface area contributed by atoms with Crippen LogP contribution in [0.25, 0.3) is 0 Å². The van der Waals surface area contributed by atoms with Gasteiger partial charge in [0.25, 0.3) is 0 Å². The molecule has 0 spiro atoms. The lowest BCUT2D eigenvalue weighted by molar-refractivity contribution is -0.180. The van der Waals surface area contributed by atoms with Gasteiger partial charge in [-0.05, 0) is 6.42 Å². The second-order valence-corrected chi connectivity index (χ2v) is 2.69. The summed E-state index contributed by atoms with van der Waals surface area (Å²) in [4.78, 5) is 0. The Morgan fingerprint density at radius 2 is 2.27 bits per heavy atom. The first-order valence-electron chi connectivity index (χ1n) is 3.60. The standard InChI is InChI=1S/C7H11NO3/c8-3-5-1-6(4-9)11-7(10)2-5/h5-7,9-10H,1-2,4H2. The highest BCUT2D eigenvalue weighted by Gasteiger charge is 2.27. The molecule has 0 aromatic carbocycles. The van der Waals surface area contributed by atoms with E-state index in [-0.39, 0.29) is 18.6 Å². The first-order valence-corrected chi connectivity index (χ1v) is 3.60. The number of ether oxygens (including phenoxy) is 1. The van der Waals surface area contributed by atoms with E-state index in [1.165, 1.54) is 0 Å². The van der Waals surface area contributed by atoms with E-state index in [0.29, 0.717) is 12.8 Å². The maximum absolute atomic E-state index is 9.03. The van der Waals surface area contributed by atoms with Gasteiger partial charge in [0.05, 0.1) is 24.7 Å². The van der Waals surface area contributed by atoms with Crippen LogP contribution in [0.3, 0.4) is 0 Å². The van der Waals surface area contributed by atoms with Gasteiger partial charge in [-0.25, -0.2) is 0 Å². The van der Waals surface area contributed by atoms with Crippen LogP contribution >= 0.6 is 0 Å². The number of aliphatic hydroxyl groups excluding tert-OH is 2. The average Bonchev–Trinajstić information content (AvgIpc) is 2.03. The SMILES string of the molecule is N#CC1CC(O)OC(CO)C1. The van der Waals surface area contributed by atoms with Gasteiger partial charge in [-0.1, -0.05) is 0 Å². The van der Waals surface area contributed by atoms with Crippen LogP contribution in [0.1, 0.15) is 12.8 Å². The van der Waals surface area contributed by atoms with E-state index in [2.05, 4.69) is 0 Å². The van der Waals surface area contributed by atoms with Gasteiger partial charge in [0, 0.05) is 6.42 Å². The van der Waals surface area contributed by atoms with E-state index < -0.39 is 6.29 Å². The Morgan fingerprint density at radius 3 is 2.82 bits per heavy atom. The first kappa shape index (κ1) is 8.47. The minimum absolute atomic E-state index is 0.130. The Kier molecular flexibility index (Phi) is 2.83. The minimum atomic E-state index is -0.884. The Labute approximate surface area is 65.0 Å². The summed E-state index contributed by atoms with van der Waals surface area (Å²) in [6.07, 6.45) is -0.384. The molecule has 0 aromatic rings. The third-order valence-corrected chi connectivity index (χ3v) is 1.77. The van der Waals surface area contributed by atoms with E-state index in [1.807, 2.05) is 6.07 Å². The monoisotopic (exact) mass is 157 g/mol. The second kappa shape index (κ2) is 3.67. The summed E-state index contributed by atoms with van der Waals surface area (Å²) in [6, 6.07) is 2.05. The van der Waals surface area contributed by atoms with Gasteiger partial charge in [-0.2, -0.15) is 5.26 Å². The van der Waals surface area contributed by atoms with Crippen molar-refractivity contribution < 1.29 is 14.9 Å². The van der Waals surface area contributed by atoms with Crippen molar-refractivity contribution in [2.24, 2.45) is 5.92 Å². The minimum Gasteiger partial charge on any atom is -0.394 e. The molecule has 1 heterocycles. The molecule has 0 radical (unpaired) electrons. The van der Waals surface area contributed by atoms with Gasteiger partial charge < -0.3 is 14.9 Å². The Balaban J connectivity index is 2.45. The van der Waals surface area contributed by atoms with Crippen LogP contribution in [0.2, 0.25) is 0 Å². The number of hydrogen-bond acceptors (Lipinski definition) is 4. The largest absolute Gasteiger partial charge is 0.394 e. The van der Waals surface area contributed by atoms with Gasteiger partial charge in [-0.3, -0.25) is 0 Å². The number of nitrogens with zero attached hydrogens (tertiary/aromatic N) is 1. The highest BCUT2D eigenvalue weighted by atomic mass is 16.6. The molecule has 2 N–H and O–H groups in total. The molecule has 1 aliphatic heterocycles. The van der Waals surface area contributed by atoms with Gasteiger partial charge in [-0.15, -0.1) is 0 Å². The quantitative estimate of drug-likeness (QED) is 0.544. The van der Waals surface area contributed by atoms with Gasteiger partial charge in [0.15, 0.2) is 6.29 Å². The molecule has 3 unspecified atom stereocenters. The lowest BCUT2D eigenvalue weighted by Gasteiger charge is -2.28. The Bertz CT molecular complexity index is 166. The lowest BCUT2D eigenvalue weighted by atomic mass is 9.97. The molecule has 3 atom stereocenters. The summed E-state index contributed by atoms with van der Waals surface area (Å²) in [6.45, 7) is -0.130. The highest BCUT2D eigenvalue weighted by molar-refractivity contribution is 4.88. The third kappa shape index (κ3) is 2.15. The van der Waals surface area contributed by atoms with Crippen LogP contribution in [-0.4, -0.2) is 29.2 Å². The number of rotatable bonds is 1. The van der Waals surface area contributed by atoms with Gasteiger partial charge >= 0.3 is 0 Å². The summed E-state index contributed by atoms with van der Waals surface area (Å²) in [5.41, 5.74) is 0. The molecule has 0 aromatic heterocycles. The molecule has 0 aliphatic carbocycles. The molecule has 11 heavy (non-hydrogen) atoms. The van der Waals surface area contributed by atoms with E-state index in [4.69, 9.17) is 20.2 Å². The number of aliphatic hydroxyl groups is 2. The summed E-state index contributed by atoms with van der Waals surface area (Å²) >= 11 is 0. The van der Waals surface area contributed by atoms with E-state index >= 15 is 0 Å². The first-order chi connectivity index (χ1) is 5.26. The van der Waals surface area contributed by atoms with Crippen LogP contribution in [0, 0.1) is 17.2 Å².